The molecule has 0 aliphatic carbocycles. The molecule has 110 valence electrons. The molecule has 1 aromatic rings. The zero-order valence-electron chi connectivity index (χ0n) is 12.1. The number of hydrogen-bond acceptors (Lipinski definition) is 3. The lowest BCUT2D eigenvalue weighted by atomic mass is 10.00. The van der Waals surface area contributed by atoms with E-state index >= 15 is 0 Å². The van der Waals surface area contributed by atoms with E-state index in [2.05, 4.69) is 22.8 Å². The predicted octanol–water partition coefficient (Wildman–Crippen LogP) is 2.42. The van der Waals surface area contributed by atoms with E-state index in [1.807, 2.05) is 25.1 Å². The molecular formula is C16H24N2OS. The van der Waals surface area contributed by atoms with Crippen molar-refractivity contribution in [2.45, 2.75) is 30.8 Å². The summed E-state index contributed by atoms with van der Waals surface area (Å²) in [6.07, 6.45) is 2.44. The number of hydrogen-bond donors (Lipinski definition) is 2. The van der Waals surface area contributed by atoms with Crippen LogP contribution in [0.5, 0.6) is 0 Å². The standard InChI is InChI=1S/C16H24N2OS/c1-13(20-12-14-6-3-2-4-7-14)16(19)18-11-15-8-5-9-17-10-15/h2-4,6-7,13,15,17H,5,8-12H2,1H3,(H,18,19). The minimum Gasteiger partial charge on any atom is -0.355 e. The van der Waals surface area contributed by atoms with Gasteiger partial charge in [0.15, 0.2) is 0 Å². The first-order chi connectivity index (χ1) is 9.75. The van der Waals surface area contributed by atoms with Crippen LogP contribution >= 0.6 is 11.8 Å². The molecule has 0 radical (unpaired) electrons. The van der Waals surface area contributed by atoms with Crippen LogP contribution in [0.15, 0.2) is 30.3 Å². The summed E-state index contributed by atoms with van der Waals surface area (Å²) in [6, 6.07) is 10.3. The van der Waals surface area contributed by atoms with Gasteiger partial charge in [0, 0.05) is 12.3 Å². The van der Waals surface area contributed by atoms with Crippen molar-refractivity contribution in [3.05, 3.63) is 35.9 Å². The Morgan fingerprint density at radius 3 is 2.95 bits per heavy atom. The molecule has 0 spiro atoms. The highest BCUT2D eigenvalue weighted by Gasteiger charge is 2.17. The number of amides is 1. The van der Waals surface area contributed by atoms with Gasteiger partial charge >= 0.3 is 0 Å². The van der Waals surface area contributed by atoms with Gasteiger partial charge in [-0.15, -0.1) is 11.8 Å². The van der Waals surface area contributed by atoms with E-state index in [9.17, 15) is 4.79 Å². The summed E-state index contributed by atoms with van der Waals surface area (Å²) in [7, 11) is 0. The van der Waals surface area contributed by atoms with Gasteiger partial charge in [-0.1, -0.05) is 30.3 Å². The number of carbonyl (C=O) groups is 1. The van der Waals surface area contributed by atoms with E-state index < -0.39 is 0 Å². The van der Waals surface area contributed by atoms with Crippen LogP contribution in [0.3, 0.4) is 0 Å². The smallest absolute Gasteiger partial charge is 0.232 e. The quantitative estimate of drug-likeness (QED) is 0.846. The number of benzene rings is 1. The summed E-state index contributed by atoms with van der Waals surface area (Å²) < 4.78 is 0. The van der Waals surface area contributed by atoms with Gasteiger partial charge in [-0.3, -0.25) is 4.79 Å². The number of piperidine rings is 1. The molecule has 2 rings (SSSR count). The lowest BCUT2D eigenvalue weighted by molar-refractivity contribution is -0.120. The van der Waals surface area contributed by atoms with Crippen molar-refractivity contribution in [2.24, 2.45) is 5.92 Å². The van der Waals surface area contributed by atoms with Crippen molar-refractivity contribution >= 4 is 17.7 Å². The first-order valence-corrected chi connectivity index (χ1v) is 8.44. The van der Waals surface area contributed by atoms with Crippen molar-refractivity contribution in [3.8, 4) is 0 Å². The molecule has 1 aromatic carbocycles. The van der Waals surface area contributed by atoms with Crippen LogP contribution in [0.4, 0.5) is 0 Å². The molecule has 1 amide bonds. The fourth-order valence-electron chi connectivity index (χ4n) is 2.36. The average Bonchev–Trinajstić information content (AvgIpc) is 2.52. The molecular weight excluding hydrogens is 268 g/mol. The Bertz CT molecular complexity index is 404. The number of nitrogens with one attached hydrogen (secondary N) is 2. The zero-order valence-corrected chi connectivity index (χ0v) is 12.9. The highest BCUT2D eigenvalue weighted by Crippen LogP contribution is 2.17. The van der Waals surface area contributed by atoms with Crippen LogP contribution in [0, 0.1) is 5.92 Å². The molecule has 1 heterocycles. The third-order valence-corrected chi connectivity index (χ3v) is 4.89. The van der Waals surface area contributed by atoms with E-state index in [1.165, 1.54) is 18.4 Å². The fourth-order valence-corrected chi connectivity index (χ4v) is 3.23. The van der Waals surface area contributed by atoms with Crippen LogP contribution < -0.4 is 10.6 Å². The Morgan fingerprint density at radius 2 is 2.25 bits per heavy atom. The first kappa shape index (κ1) is 15.4. The number of thioether (sulfide) groups is 1. The predicted molar refractivity (Wildman–Crippen MR) is 85.8 cm³/mol. The van der Waals surface area contributed by atoms with Crippen LogP contribution in [-0.2, 0) is 10.5 Å². The molecule has 4 heteroatoms. The molecule has 2 unspecified atom stereocenters. The second-order valence-electron chi connectivity index (χ2n) is 5.40. The molecule has 2 N–H and O–H groups in total. The summed E-state index contributed by atoms with van der Waals surface area (Å²) in [5.74, 6) is 1.65. The second kappa shape index (κ2) is 8.32. The SMILES string of the molecule is CC(SCc1ccccc1)C(=O)NCC1CCCNC1. The molecule has 0 aromatic heterocycles. The number of rotatable bonds is 6. The van der Waals surface area contributed by atoms with Crippen molar-refractivity contribution in [1.29, 1.82) is 0 Å². The van der Waals surface area contributed by atoms with E-state index in [1.54, 1.807) is 11.8 Å². The minimum atomic E-state index is 0.00626. The summed E-state index contributed by atoms with van der Waals surface area (Å²) in [5.41, 5.74) is 1.27. The molecule has 20 heavy (non-hydrogen) atoms. The van der Waals surface area contributed by atoms with Gasteiger partial charge < -0.3 is 10.6 Å². The van der Waals surface area contributed by atoms with Gasteiger partial charge in [-0.05, 0) is 44.3 Å². The second-order valence-corrected chi connectivity index (χ2v) is 6.73. The monoisotopic (exact) mass is 292 g/mol. The van der Waals surface area contributed by atoms with E-state index in [4.69, 9.17) is 0 Å². The lowest BCUT2D eigenvalue weighted by Gasteiger charge is -2.23. The molecule has 1 aliphatic heterocycles. The van der Waals surface area contributed by atoms with Gasteiger partial charge in [-0.2, -0.15) is 0 Å². The molecule has 1 fully saturated rings. The van der Waals surface area contributed by atoms with E-state index in [0.29, 0.717) is 5.92 Å². The highest BCUT2D eigenvalue weighted by molar-refractivity contribution is 7.99. The Labute approximate surface area is 125 Å². The maximum Gasteiger partial charge on any atom is 0.232 e. The lowest BCUT2D eigenvalue weighted by Crippen LogP contribution is -2.40. The normalized spacial score (nSPS) is 20.4. The maximum atomic E-state index is 12.1. The third-order valence-electron chi connectivity index (χ3n) is 3.68. The third kappa shape index (κ3) is 5.17. The van der Waals surface area contributed by atoms with Gasteiger partial charge in [0.25, 0.3) is 0 Å². The Hall–Kier alpha value is -1.00. The largest absolute Gasteiger partial charge is 0.355 e. The van der Waals surface area contributed by atoms with E-state index in [-0.39, 0.29) is 11.2 Å². The molecule has 1 saturated heterocycles. The average molecular weight is 292 g/mol. The molecule has 0 saturated carbocycles. The van der Waals surface area contributed by atoms with Gasteiger partial charge in [-0.25, -0.2) is 0 Å². The fraction of sp³-hybridized carbons (Fsp3) is 0.562. The Morgan fingerprint density at radius 1 is 1.45 bits per heavy atom. The molecule has 1 aliphatic rings. The van der Waals surface area contributed by atoms with Crippen molar-refractivity contribution in [1.82, 2.24) is 10.6 Å². The van der Waals surface area contributed by atoms with Crippen molar-refractivity contribution in [2.75, 3.05) is 19.6 Å². The van der Waals surface area contributed by atoms with Gasteiger partial charge in [0.05, 0.1) is 5.25 Å². The van der Waals surface area contributed by atoms with Crippen molar-refractivity contribution in [3.63, 3.8) is 0 Å². The van der Waals surface area contributed by atoms with Crippen LogP contribution in [0.25, 0.3) is 0 Å². The summed E-state index contributed by atoms with van der Waals surface area (Å²) >= 11 is 1.70. The van der Waals surface area contributed by atoms with Crippen LogP contribution in [-0.4, -0.2) is 30.8 Å². The minimum absolute atomic E-state index is 0.00626. The molecule has 2 atom stereocenters. The summed E-state index contributed by atoms with van der Waals surface area (Å²) in [4.78, 5) is 12.1. The van der Waals surface area contributed by atoms with Gasteiger partial charge in [0.1, 0.15) is 0 Å². The molecule has 0 bridgehead atoms. The topological polar surface area (TPSA) is 41.1 Å². The Kier molecular flexibility index (Phi) is 6.40. The van der Waals surface area contributed by atoms with Crippen LogP contribution in [0.2, 0.25) is 0 Å². The maximum absolute atomic E-state index is 12.1. The van der Waals surface area contributed by atoms with Crippen LogP contribution in [0.1, 0.15) is 25.3 Å². The molecule has 3 nitrogen and oxygen atoms in total. The van der Waals surface area contributed by atoms with Gasteiger partial charge in [0.2, 0.25) is 5.91 Å². The highest BCUT2D eigenvalue weighted by atomic mass is 32.2. The summed E-state index contributed by atoms with van der Waals surface area (Å²) in [5, 5.41) is 6.47. The first-order valence-electron chi connectivity index (χ1n) is 7.39. The Balaban J connectivity index is 1.66. The zero-order chi connectivity index (χ0) is 14.2. The van der Waals surface area contributed by atoms with E-state index in [0.717, 1.165) is 25.4 Å². The summed E-state index contributed by atoms with van der Waals surface area (Å²) in [6.45, 7) is 4.95. The van der Waals surface area contributed by atoms with Crippen molar-refractivity contribution < 1.29 is 4.79 Å². The number of carbonyl (C=O) groups excluding carboxylic acids is 1.